The van der Waals surface area contributed by atoms with Crippen LogP contribution in [0.1, 0.15) is 20.8 Å². The number of fused-ring (bicyclic) bond motifs is 3. The second-order valence-electron chi connectivity index (χ2n) is 5.50. The summed E-state index contributed by atoms with van der Waals surface area (Å²) in [7, 11) is 0. The van der Waals surface area contributed by atoms with Crippen molar-refractivity contribution in [2.75, 3.05) is 5.32 Å². The Labute approximate surface area is 148 Å². The molecule has 0 bridgehead atoms. The molecule has 1 aliphatic heterocycles. The van der Waals surface area contributed by atoms with Crippen molar-refractivity contribution in [2.45, 2.75) is 13.5 Å². The Bertz CT molecular complexity index is 952. The van der Waals surface area contributed by atoms with E-state index in [-0.39, 0.29) is 11.1 Å². The van der Waals surface area contributed by atoms with E-state index in [1.54, 1.807) is 18.3 Å². The summed E-state index contributed by atoms with van der Waals surface area (Å²) in [5.74, 6) is 0.672. The lowest BCUT2D eigenvalue weighted by molar-refractivity contribution is 0.103. The van der Waals surface area contributed by atoms with Gasteiger partial charge >= 0.3 is 0 Å². The molecule has 24 heavy (non-hydrogen) atoms. The van der Waals surface area contributed by atoms with Gasteiger partial charge in [-0.2, -0.15) is 0 Å². The molecule has 0 aliphatic carbocycles. The number of halogens is 1. The van der Waals surface area contributed by atoms with Gasteiger partial charge in [0.05, 0.1) is 10.6 Å². The molecule has 4 rings (SSSR count). The van der Waals surface area contributed by atoms with Gasteiger partial charge < -0.3 is 10.1 Å². The number of nitrogens with one attached hydrogen (secondary N) is 1. The number of anilines is 1. The molecule has 0 saturated heterocycles. The van der Waals surface area contributed by atoms with E-state index in [1.165, 1.54) is 11.3 Å². The summed E-state index contributed by atoms with van der Waals surface area (Å²) in [6, 6.07) is 11.3. The van der Waals surface area contributed by atoms with Crippen LogP contribution in [0.3, 0.4) is 0 Å². The molecule has 1 aromatic carbocycles. The van der Waals surface area contributed by atoms with Gasteiger partial charge in [0.25, 0.3) is 5.91 Å². The molecule has 0 atom stereocenters. The lowest BCUT2D eigenvalue weighted by atomic mass is 10.0. The van der Waals surface area contributed by atoms with Gasteiger partial charge in [-0.25, -0.2) is 4.98 Å². The maximum absolute atomic E-state index is 12.6. The van der Waals surface area contributed by atoms with Crippen LogP contribution in [-0.2, 0) is 6.61 Å². The van der Waals surface area contributed by atoms with E-state index in [9.17, 15) is 4.79 Å². The number of hydrogen-bond donors (Lipinski definition) is 1. The summed E-state index contributed by atoms with van der Waals surface area (Å²) in [6.45, 7) is 2.52. The number of pyridine rings is 1. The lowest BCUT2D eigenvalue weighted by Crippen LogP contribution is -2.10. The third-order valence-corrected chi connectivity index (χ3v) is 5.38. The fourth-order valence-electron chi connectivity index (χ4n) is 2.73. The van der Waals surface area contributed by atoms with Crippen LogP contribution < -0.4 is 10.1 Å². The molecule has 0 fully saturated rings. The van der Waals surface area contributed by atoms with Gasteiger partial charge in [-0.3, -0.25) is 4.79 Å². The van der Waals surface area contributed by atoms with E-state index in [0.717, 1.165) is 27.3 Å². The van der Waals surface area contributed by atoms with Crippen molar-refractivity contribution in [2.24, 2.45) is 0 Å². The molecular weight excluding hydrogens is 344 g/mol. The molecular formula is C18H13ClN2O2S. The van der Waals surface area contributed by atoms with E-state index in [1.807, 2.05) is 31.2 Å². The van der Waals surface area contributed by atoms with E-state index < -0.39 is 0 Å². The summed E-state index contributed by atoms with van der Waals surface area (Å²) >= 11 is 7.47. The topological polar surface area (TPSA) is 51.2 Å². The minimum absolute atomic E-state index is 0.195. The highest BCUT2D eigenvalue weighted by molar-refractivity contribution is 7.17. The number of thiophene rings is 1. The van der Waals surface area contributed by atoms with Gasteiger partial charge in [-0.05, 0) is 36.8 Å². The Hall–Kier alpha value is -2.37. The summed E-state index contributed by atoms with van der Waals surface area (Å²) < 4.78 is 5.81. The van der Waals surface area contributed by atoms with Crippen molar-refractivity contribution in [3.05, 3.63) is 63.8 Å². The Balaban J connectivity index is 1.69. The molecule has 2 aromatic heterocycles. The van der Waals surface area contributed by atoms with Crippen LogP contribution >= 0.6 is 22.9 Å². The number of ether oxygens (including phenoxy) is 1. The first-order valence-electron chi connectivity index (χ1n) is 7.41. The maximum atomic E-state index is 12.6. The first-order chi connectivity index (χ1) is 11.6. The zero-order valence-corrected chi connectivity index (χ0v) is 14.4. The van der Waals surface area contributed by atoms with Gasteiger partial charge in [-0.15, -0.1) is 11.3 Å². The Morgan fingerprint density at radius 3 is 3.04 bits per heavy atom. The predicted octanol–water partition coefficient (Wildman–Crippen LogP) is 4.92. The number of hydrogen-bond acceptors (Lipinski definition) is 4. The number of carbonyl (C=O) groups is 1. The fourth-order valence-corrected chi connectivity index (χ4v) is 4.07. The molecule has 4 nitrogen and oxygen atoms in total. The van der Waals surface area contributed by atoms with E-state index >= 15 is 0 Å². The molecule has 1 amide bonds. The molecule has 0 saturated carbocycles. The van der Waals surface area contributed by atoms with Crippen molar-refractivity contribution >= 4 is 34.5 Å². The van der Waals surface area contributed by atoms with E-state index in [4.69, 9.17) is 16.3 Å². The first-order valence-corrected chi connectivity index (χ1v) is 8.60. The third kappa shape index (κ3) is 2.56. The summed E-state index contributed by atoms with van der Waals surface area (Å²) in [6.07, 6.45) is 1.58. The number of aryl methyl sites for hydroxylation is 1. The number of aromatic nitrogens is 1. The smallest absolute Gasteiger partial charge is 0.265 e. The van der Waals surface area contributed by atoms with E-state index in [0.29, 0.717) is 17.2 Å². The van der Waals surface area contributed by atoms with Gasteiger partial charge in [0, 0.05) is 22.2 Å². The van der Waals surface area contributed by atoms with Gasteiger partial charge in [0.2, 0.25) is 0 Å². The minimum atomic E-state index is -0.195. The molecule has 0 unspecified atom stereocenters. The fraction of sp³-hybridized carbons (Fsp3) is 0.111. The monoisotopic (exact) mass is 356 g/mol. The maximum Gasteiger partial charge on any atom is 0.265 e. The Morgan fingerprint density at radius 1 is 1.33 bits per heavy atom. The molecule has 0 spiro atoms. The average molecular weight is 357 g/mol. The van der Waals surface area contributed by atoms with Crippen LogP contribution in [0.25, 0.3) is 10.4 Å². The number of rotatable bonds is 2. The first kappa shape index (κ1) is 15.2. The standard InChI is InChI=1S/C18H13ClN2O2S/c1-10-4-2-6-13-15(10)16-11(9-23-13)8-14(24-16)18(22)21-12-5-3-7-20-17(12)19/h2-8H,9H2,1H3,(H,21,22). The minimum Gasteiger partial charge on any atom is -0.488 e. The molecule has 3 heterocycles. The van der Waals surface area contributed by atoms with Crippen LogP contribution in [0.5, 0.6) is 5.75 Å². The molecule has 3 aromatic rings. The normalized spacial score (nSPS) is 12.1. The van der Waals surface area contributed by atoms with Crippen molar-refractivity contribution in [1.82, 2.24) is 4.98 Å². The second kappa shape index (κ2) is 5.92. The number of nitrogens with zero attached hydrogens (tertiary/aromatic N) is 1. The molecule has 120 valence electrons. The Morgan fingerprint density at radius 2 is 2.21 bits per heavy atom. The third-order valence-electron chi connectivity index (χ3n) is 3.88. The van der Waals surface area contributed by atoms with Crippen LogP contribution in [0.4, 0.5) is 5.69 Å². The van der Waals surface area contributed by atoms with Gasteiger partial charge in [0.1, 0.15) is 12.4 Å². The number of benzene rings is 1. The average Bonchev–Trinajstić information content (AvgIpc) is 3.01. The zero-order chi connectivity index (χ0) is 16.7. The van der Waals surface area contributed by atoms with E-state index in [2.05, 4.69) is 10.3 Å². The van der Waals surface area contributed by atoms with Crippen LogP contribution in [0.15, 0.2) is 42.6 Å². The quantitative estimate of drug-likeness (QED) is 0.663. The Kier molecular flexibility index (Phi) is 3.75. The van der Waals surface area contributed by atoms with Crippen molar-refractivity contribution < 1.29 is 9.53 Å². The highest BCUT2D eigenvalue weighted by Gasteiger charge is 2.24. The largest absolute Gasteiger partial charge is 0.488 e. The summed E-state index contributed by atoms with van der Waals surface area (Å²) in [4.78, 5) is 18.2. The molecule has 0 radical (unpaired) electrons. The summed E-state index contributed by atoms with van der Waals surface area (Å²) in [5, 5.41) is 3.09. The van der Waals surface area contributed by atoms with Gasteiger partial charge in [0.15, 0.2) is 5.15 Å². The summed E-state index contributed by atoms with van der Waals surface area (Å²) in [5.41, 5.74) is 3.74. The zero-order valence-electron chi connectivity index (χ0n) is 12.8. The van der Waals surface area contributed by atoms with Gasteiger partial charge in [-0.1, -0.05) is 23.7 Å². The van der Waals surface area contributed by atoms with Crippen molar-refractivity contribution in [3.8, 4) is 16.2 Å². The number of carbonyl (C=O) groups excluding carboxylic acids is 1. The highest BCUT2D eigenvalue weighted by atomic mass is 35.5. The van der Waals surface area contributed by atoms with Crippen LogP contribution in [0.2, 0.25) is 5.15 Å². The number of amides is 1. The molecule has 1 aliphatic rings. The van der Waals surface area contributed by atoms with Crippen molar-refractivity contribution in [3.63, 3.8) is 0 Å². The van der Waals surface area contributed by atoms with Crippen molar-refractivity contribution in [1.29, 1.82) is 0 Å². The highest BCUT2D eigenvalue weighted by Crippen LogP contribution is 2.44. The van der Waals surface area contributed by atoms with Crippen LogP contribution in [0, 0.1) is 6.92 Å². The second-order valence-corrected chi connectivity index (χ2v) is 6.91. The predicted molar refractivity (Wildman–Crippen MR) is 96.0 cm³/mol. The lowest BCUT2D eigenvalue weighted by Gasteiger charge is -2.19. The molecule has 6 heteroatoms. The SMILES string of the molecule is Cc1cccc2c1-c1sc(C(=O)Nc3cccnc3Cl)cc1CO2. The molecule has 1 N–H and O–H groups in total. The van der Waals surface area contributed by atoms with Crippen LogP contribution in [-0.4, -0.2) is 10.9 Å².